The predicted molar refractivity (Wildman–Crippen MR) is 99.0 cm³/mol. The zero-order chi connectivity index (χ0) is 16.4. The third-order valence-corrected chi connectivity index (χ3v) is 4.89. The van der Waals surface area contributed by atoms with Crippen LogP contribution in [0.3, 0.4) is 0 Å². The fourth-order valence-corrected chi connectivity index (χ4v) is 3.80. The molecule has 1 aromatic rings. The summed E-state index contributed by atoms with van der Waals surface area (Å²) >= 11 is 0. The fraction of sp³-hybridized carbons (Fsp3) is 0.632. The number of carbonyl (C=O) groups is 1. The summed E-state index contributed by atoms with van der Waals surface area (Å²) in [7, 11) is 0. The molecule has 2 aliphatic rings. The molecule has 2 bridgehead atoms. The Hall–Kier alpha value is -1.26. The monoisotopic (exact) mass is 352 g/mol. The van der Waals surface area contributed by atoms with Crippen LogP contribution in [0.5, 0.6) is 5.75 Å². The molecule has 2 heterocycles. The Labute approximate surface area is 151 Å². The zero-order valence-corrected chi connectivity index (χ0v) is 15.6. The minimum atomic E-state index is -0.0139. The molecule has 0 aromatic heterocycles. The van der Waals surface area contributed by atoms with E-state index in [0.717, 1.165) is 24.2 Å². The number of hydrogen-bond donors (Lipinski definition) is 2. The standard InChI is InChI=1S/C19H28N2O2.ClH/c1-19(2,3)16-6-4-5-7-17(16)23-12-18(22)21-15-10-13-8-9-14(11-15)20-13;/h4-7,13-15,20H,8-12H2,1-3H3,(H,21,22);1H. The van der Waals surface area contributed by atoms with Gasteiger partial charge in [0.25, 0.3) is 5.91 Å². The van der Waals surface area contributed by atoms with Crippen LogP contribution in [0.1, 0.15) is 52.0 Å². The van der Waals surface area contributed by atoms with Gasteiger partial charge in [0.1, 0.15) is 5.75 Å². The molecular weight excluding hydrogens is 324 g/mol. The summed E-state index contributed by atoms with van der Waals surface area (Å²) in [6.07, 6.45) is 4.57. The van der Waals surface area contributed by atoms with Gasteiger partial charge in [-0.15, -0.1) is 12.4 Å². The lowest BCUT2D eigenvalue weighted by molar-refractivity contribution is -0.124. The van der Waals surface area contributed by atoms with Crippen molar-refractivity contribution in [3.8, 4) is 5.75 Å². The van der Waals surface area contributed by atoms with Crippen LogP contribution in [0.4, 0.5) is 0 Å². The van der Waals surface area contributed by atoms with E-state index < -0.39 is 0 Å². The average Bonchev–Trinajstić information content (AvgIpc) is 2.83. The van der Waals surface area contributed by atoms with Crippen LogP contribution >= 0.6 is 12.4 Å². The normalized spacial score (nSPS) is 25.7. The number of nitrogens with one attached hydrogen (secondary N) is 2. The van der Waals surface area contributed by atoms with Gasteiger partial charge in [-0.25, -0.2) is 0 Å². The van der Waals surface area contributed by atoms with E-state index in [-0.39, 0.29) is 30.3 Å². The van der Waals surface area contributed by atoms with Gasteiger partial charge in [0.05, 0.1) is 0 Å². The molecule has 2 unspecified atom stereocenters. The molecule has 4 nitrogen and oxygen atoms in total. The highest BCUT2D eigenvalue weighted by Gasteiger charge is 2.34. The summed E-state index contributed by atoms with van der Waals surface area (Å²) < 4.78 is 5.81. The molecule has 134 valence electrons. The molecule has 1 amide bonds. The maximum Gasteiger partial charge on any atom is 0.258 e. The Kier molecular flexibility index (Phi) is 6.16. The first-order chi connectivity index (χ1) is 10.9. The van der Waals surface area contributed by atoms with Gasteiger partial charge >= 0.3 is 0 Å². The van der Waals surface area contributed by atoms with E-state index in [1.54, 1.807) is 0 Å². The number of hydrogen-bond acceptors (Lipinski definition) is 3. The van der Waals surface area contributed by atoms with Crippen LogP contribution in [0.2, 0.25) is 0 Å². The van der Waals surface area contributed by atoms with Crippen molar-refractivity contribution in [2.75, 3.05) is 6.61 Å². The lowest BCUT2D eigenvalue weighted by Gasteiger charge is -2.29. The lowest BCUT2D eigenvalue weighted by Crippen LogP contribution is -2.49. The van der Waals surface area contributed by atoms with Gasteiger partial charge in [0.2, 0.25) is 0 Å². The smallest absolute Gasteiger partial charge is 0.258 e. The van der Waals surface area contributed by atoms with Crippen molar-refractivity contribution < 1.29 is 9.53 Å². The molecule has 2 saturated heterocycles. The summed E-state index contributed by atoms with van der Waals surface area (Å²) in [5.74, 6) is 0.792. The highest BCUT2D eigenvalue weighted by atomic mass is 35.5. The van der Waals surface area contributed by atoms with Gasteiger partial charge in [-0.2, -0.15) is 0 Å². The summed E-state index contributed by atoms with van der Waals surface area (Å²) in [4.78, 5) is 12.2. The molecule has 0 spiro atoms. The number of carbonyl (C=O) groups excluding carboxylic acids is 1. The molecule has 0 aliphatic carbocycles. The van der Waals surface area contributed by atoms with E-state index in [9.17, 15) is 4.79 Å². The number of rotatable bonds is 4. The molecule has 2 aliphatic heterocycles. The maximum absolute atomic E-state index is 12.2. The Bertz CT molecular complexity index is 559. The number of piperidine rings is 1. The first-order valence-corrected chi connectivity index (χ1v) is 8.69. The molecule has 2 fully saturated rings. The average molecular weight is 353 g/mol. The van der Waals surface area contributed by atoms with Crippen molar-refractivity contribution in [3.05, 3.63) is 29.8 Å². The lowest BCUT2D eigenvalue weighted by atomic mass is 9.86. The summed E-state index contributed by atoms with van der Waals surface area (Å²) in [6.45, 7) is 6.55. The van der Waals surface area contributed by atoms with Crippen LogP contribution in [0.25, 0.3) is 0 Å². The number of ether oxygens (including phenoxy) is 1. The van der Waals surface area contributed by atoms with Crippen molar-refractivity contribution in [3.63, 3.8) is 0 Å². The summed E-state index contributed by atoms with van der Waals surface area (Å²) in [5.41, 5.74) is 1.13. The molecule has 3 rings (SSSR count). The van der Waals surface area contributed by atoms with Gasteiger partial charge in [-0.1, -0.05) is 39.0 Å². The number of benzene rings is 1. The van der Waals surface area contributed by atoms with Crippen molar-refractivity contribution in [1.82, 2.24) is 10.6 Å². The first-order valence-electron chi connectivity index (χ1n) is 8.69. The Morgan fingerprint density at radius 2 is 1.83 bits per heavy atom. The molecule has 2 N–H and O–H groups in total. The van der Waals surface area contributed by atoms with E-state index in [4.69, 9.17) is 4.74 Å². The SMILES string of the molecule is CC(C)(C)c1ccccc1OCC(=O)NC1CC2CCC(C1)N2.Cl. The molecule has 0 saturated carbocycles. The first kappa shape index (κ1) is 19.1. The molecular formula is C19H29ClN2O2. The second-order valence-corrected chi connectivity index (χ2v) is 7.91. The Balaban J connectivity index is 0.00000208. The predicted octanol–water partition coefficient (Wildman–Crippen LogP) is 3.18. The Morgan fingerprint density at radius 1 is 1.21 bits per heavy atom. The van der Waals surface area contributed by atoms with Crippen molar-refractivity contribution in [2.45, 2.75) is 70.0 Å². The molecule has 24 heavy (non-hydrogen) atoms. The van der Waals surface area contributed by atoms with Crippen molar-refractivity contribution >= 4 is 18.3 Å². The number of para-hydroxylation sites is 1. The third kappa shape index (κ3) is 4.64. The zero-order valence-electron chi connectivity index (χ0n) is 14.8. The van der Waals surface area contributed by atoms with E-state index >= 15 is 0 Å². The Morgan fingerprint density at radius 3 is 2.46 bits per heavy atom. The van der Waals surface area contributed by atoms with E-state index in [0.29, 0.717) is 18.1 Å². The minimum Gasteiger partial charge on any atom is -0.483 e. The van der Waals surface area contributed by atoms with Crippen LogP contribution in [0, 0.1) is 0 Å². The fourth-order valence-electron chi connectivity index (χ4n) is 3.80. The molecule has 5 heteroatoms. The number of amides is 1. The van der Waals surface area contributed by atoms with Gasteiger partial charge in [0, 0.05) is 18.1 Å². The summed E-state index contributed by atoms with van der Waals surface area (Å²) in [5, 5.41) is 6.74. The van der Waals surface area contributed by atoms with E-state index in [1.807, 2.05) is 18.2 Å². The topological polar surface area (TPSA) is 50.4 Å². The highest BCUT2D eigenvalue weighted by molar-refractivity contribution is 5.85. The maximum atomic E-state index is 12.2. The van der Waals surface area contributed by atoms with Crippen LogP contribution in [-0.4, -0.2) is 30.6 Å². The second-order valence-electron chi connectivity index (χ2n) is 7.91. The third-order valence-electron chi connectivity index (χ3n) is 4.89. The van der Waals surface area contributed by atoms with Crippen molar-refractivity contribution in [1.29, 1.82) is 0 Å². The number of halogens is 1. The van der Waals surface area contributed by atoms with Crippen molar-refractivity contribution in [2.24, 2.45) is 0 Å². The van der Waals surface area contributed by atoms with Gasteiger partial charge in [-0.3, -0.25) is 4.79 Å². The molecule has 1 aromatic carbocycles. The quantitative estimate of drug-likeness (QED) is 0.875. The molecule has 0 radical (unpaired) electrons. The van der Waals surface area contributed by atoms with Crippen LogP contribution in [0.15, 0.2) is 24.3 Å². The van der Waals surface area contributed by atoms with Gasteiger partial charge in [-0.05, 0) is 42.7 Å². The van der Waals surface area contributed by atoms with E-state index in [1.165, 1.54) is 12.8 Å². The van der Waals surface area contributed by atoms with Crippen LogP contribution in [-0.2, 0) is 10.2 Å². The second kappa shape index (κ2) is 7.75. The number of fused-ring (bicyclic) bond motifs is 2. The van der Waals surface area contributed by atoms with E-state index in [2.05, 4.69) is 37.5 Å². The highest BCUT2D eigenvalue weighted by Crippen LogP contribution is 2.31. The largest absolute Gasteiger partial charge is 0.483 e. The van der Waals surface area contributed by atoms with Gasteiger partial charge in [0.15, 0.2) is 6.61 Å². The minimum absolute atomic E-state index is 0. The molecule has 2 atom stereocenters. The van der Waals surface area contributed by atoms with Gasteiger partial charge < -0.3 is 15.4 Å². The summed E-state index contributed by atoms with van der Waals surface area (Å²) in [6, 6.07) is 9.44. The van der Waals surface area contributed by atoms with Crippen LogP contribution < -0.4 is 15.4 Å².